The number of rotatable bonds is 2. The summed E-state index contributed by atoms with van der Waals surface area (Å²) in [7, 11) is 0. The average molecular weight is 305 g/mol. The quantitative estimate of drug-likeness (QED) is 0.854. The molecular weight excluding hydrogens is 290 g/mol. The Bertz CT molecular complexity index is 530. The minimum Gasteiger partial charge on any atom is -0.394 e. The highest BCUT2D eigenvalue weighted by Crippen LogP contribution is 2.32. The Balaban J connectivity index is 2.31. The van der Waals surface area contributed by atoms with Crippen LogP contribution in [0, 0.1) is 5.82 Å². The summed E-state index contributed by atoms with van der Waals surface area (Å²) in [5.41, 5.74) is -1.67. The van der Waals surface area contributed by atoms with E-state index in [9.17, 15) is 27.5 Å². The lowest BCUT2D eigenvalue weighted by molar-refractivity contribution is -0.140. The lowest BCUT2D eigenvalue weighted by Crippen LogP contribution is -2.45. The first-order valence-electron chi connectivity index (χ1n) is 6.63. The number of nitrogens with zero attached hydrogens (tertiary/aromatic N) is 1. The second kappa shape index (κ2) is 6.01. The highest BCUT2D eigenvalue weighted by atomic mass is 19.4. The molecular formula is C14H15F4NO2. The number of likely N-dealkylation sites (tertiary alicyclic amines) is 1. The summed E-state index contributed by atoms with van der Waals surface area (Å²) in [5, 5.41) is 9.25. The minimum atomic E-state index is -4.85. The molecule has 3 nitrogen and oxygen atoms in total. The lowest BCUT2D eigenvalue weighted by Gasteiger charge is -2.34. The third-order valence-electron chi connectivity index (χ3n) is 3.62. The number of hydrogen-bond acceptors (Lipinski definition) is 2. The molecule has 0 bridgehead atoms. The van der Waals surface area contributed by atoms with Crippen LogP contribution in [0.3, 0.4) is 0 Å². The van der Waals surface area contributed by atoms with Crippen molar-refractivity contribution in [2.45, 2.75) is 31.5 Å². The lowest BCUT2D eigenvalue weighted by atomic mass is 10.0. The van der Waals surface area contributed by atoms with Crippen LogP contribution in [-0.4, -0.2) is 35.1 Å². The van der Waals surface area contributed by atoms with Crippen molar-refractivity contribution in [2.75, 3.05) is 13.2 Å². The number of halogens is 4. The maximum absolute atomic E-state index is 13.2. The van der Waals surface area contributed by atoms with Crippen LogP contribution in [0.5, 0.6) is 0 Å². The van der Waals surface area contributed by atoms with Crippen molar-refractivity contribution in [1.29, 1.82) is 0 Å². The van der Waals surface area contributed by atoms with Crippen molar-refractivity contribution in [3.05, 3.63) is 35.1 Å². The van der Waals surface area contributed by atoms with E-state index in [1.165, 1.54) is 4.90 Å². The van der Waals surface area contributed by atoms with E-state index in [1.54, 1.807) is 0 Å². The van der Waals surface area contributed by atoms with Crippen LogP contribution in [-0.2, 0) is 6.18 Å². The fraction of sp³-hybridized carbons (Fsp3) is 0.500. The van der Waals surface area contributed by atoms with Gasteiger partial charge in [-0.1, -0.05) is 0 Å². The Kier molecular flexibility index (Phi) is 4.51. The molecule has 1 aliphatic heterocycles. The monoisotopic (exact) mass is 305 g/mol. The number of carbonyl (C=O) groups is 1. The molecule has 0 radical (unpaired) electrons. The van der Waals surface area contributed by atoms with Gasteiger partial charge in [0.2, 0.25) is 0 Å². The molecule has 1 heterocycles. The highest BCUT2D eigenvalue weighted by Gasteiger charge is 2.35. The van der Waals surface area contributed by atoms with Gasteiger partial charge in [-0.2, -0.15) is 13.2 Å². The van der Waals surface area contributed by atoms with E-state index in [0.717, 1.165) is 18.9 Å². The first-order valence-corrected chi connectivity index (χ1v) is 6.63. The normalized spacial score (nSPS) is 19.7. The van der Waals surface area contributed by atoms with Gasteiger partial charge >= 0.3 is 6.18 Å². The Hall–Kier alpha value is -1.63. The van der Waals surface area contributed by atoms with E-state index in [4.69, 9.17) is 0 Å². The molecule has 0 saturated carbocycles. The predicted octanol–water partition coefficient (Wildman–Crippen LogP) is 2.83. The van der Waals surface area contributed by atoms with Gasteiger partial charge in [-0.3, -0.25) is 4.79 Å². The molecule has 2 rings (SSSR count). The summed E-state index contributed by atoms with van der Waals surface area (Å²) >= 11 is 0. The molecule has 0 spiro atoms. The zero-order chi connectivity index (χ0) is 15.6. The van der Waals surface area contributed by atoms with Crippen molar-refractivity contribution in [1.82, 2.24) is 4.90 Å². The average Bonchev–Trinajstić information content (AvgIpc) is 2.45. The Labute approximate surface area is 119 Å². The summed E-state index contributed by atoms with van der Waals surface area (Å²) in [5.74, 6) is -2.02. The number of aliphatic hydroxyl groups is 1. The van der Waals surface area contributed by atoms with Crippen LogP contribution >= 0.6 is 0 Å². The zero-order valence-electron chi connectivity index (χ0n) is 11.2. The molecule has 1 aliphatic rings. The Morgan fingerprint density at radius 2 is 2.05 bits per heavy atom. The molecule has 1 aromatic carbocycles. The maximum Gasteiger partial charge on any atom is 0.419 e. The summed E-state index contributed by atoms with van der Waals surface area (Å²) in [6.45, 7) is 0.141. The number of aliphatic hydroxyl groups excluding tert-OH is 1. The van der Waals surface area contributed by atoms with Gasteiger partial charge in [0.25, 0.3) is 5.91 Å². The van der Waals surface area contributed by atoms with Crippen molar-refractivity contribution in [3.8, 4) is 0 Å². The molecule has 116 valence electrons. The van der Waals surface area contributed by atoms with Gasteiger partial charge in [0.1, 0.15) is 5.82 Å². The van der Waals surface area contributed by atoms with Crippen LogP contribution in [0.15, 0.2) is 18.2 Å². The third-order valence-corrected chi connectivity index (χ3v) is 3.62. The van der Waals surface area contributed by atoms with E-state index in [1.807, 2.05) is 0 Å². The van der Waals surface area contributed by atoms with E-state index in [-0.39, 0.29) is 12.2 Å². The number of benzene rings is 1. The zero-order valence-corrected chi connectivity index (χ0v) is 11.2. The van der Waals surface area contributed by atoms with Crippen LogP contribution in [0.2, 0.25) is 0 Å². The van der Waals surface area contributed by atoms with Gasteiger partial charge in [-0.25, -0.2) is 4.39 Å². The molecule has 7 heteroatoms. The highest BCUT2D eigenvalue weighted by molar-refractivity contribution is 5.94. The van der Waals surface area contributed by atoms with Gasteiger partial charge in [0.15, 0.2) is 0 Å². The van der Waals surface area contributed by atoms with Gasteiger partial charge < -0.3 is 10.0 Å². The molecule has 1 N–H and O–H groups in total. The van der Waals surface area contributed by atoms with Crippen molar-refractivity contribution >= 4 is 5.91 Å². The molecule has 0 aromatic heterocycles. The second-order valence-corrected chi connectivity index (χ2v) is 5.02. The van der Waals surface area contributed by atoms with Gasteiger partial charge in [0.05, 0.1) is 18.2 Å². The van der Waals surface area contributed by atoms with Crippen LogP contribution in [0.25, 0.3) is 0 Å². The number of hydrogen-bond donors (Lipinski definition) is 1. The van der Waals surface area contributed by atoms with Gasteiger partial charge in [-0.15, -0.1) is 0 Å². The predicted molar refractivity (Wildman–Crippen MR) is 67.2 cm³/mol. The summed E-state index contributed by atoms with van der Waals surface area (Å²) in [4.78, 5) is 13.6. The summed E-state index contributed by atoms with van der Waals surface area (Å²) < 4.78 is 51.2. The molecule has 1 fully saturated rings. The molecule has 1 saturated heterocycles. The van der Waals surface area contributed by atoms with Crippen LogP contribution in [0.4, 0.5) is 17.6 Å². The molecule has 0 aliphatic carbocycles. The minimum absolute atomic E-state index is 0.218. The standard InChI is InChI=1S/C14H15F4NO2/c15-12-5-4-9(7-11(12)14(16,17)18)13(21)19-6-2-1-3-10(19)8-20/h4-5,7,10,20H,1-3,6,8H2. The SMILES string of the molecule is O=C(c1ccc(F)c(C(F)(F)F)c1)N1CCCCC1CO. The third kappa shape index (κ3) is 3.34. The summed E-state index contributed by atoms with van der Waals surface area (Å²) in [6, 6.07) is 1.82. The first kappa shape index (κ1) is 15.8. The Morgan fingerprint density at radius 3 is 2.67 bits per heavy atom. The van der Waals surface area contributed by atoms with E-state index >= 15 is 0 Å². The van der Waals surface area contributed by atoms with E-state index in [0.29, 0.717) is 25.1 Å². The number of alkyl halides is 3. The fourth-order valence-corrected chi connectivity index (χ4v) is 2.50. The van der Waals surface area contributed by atoms with Crippen LogP contribution in [0.1, 0.15) is 35.2 Å². The number of amides is 1. The Morgan fingerprint density at radius 1 is 1.33 bits per heavy atom. The maximum atomic E-state index is 13.2. The molecule has 1 amide bonds. The summed E-state index contributed by atoms with van der Waals surface area (Å²) in [6.07, 6.45) is -2.66. The van der Waals surface area contributed by atoms with Gasteiger partial charge in [-0.05, 0) is 37.5 Å². The fourth-order valence-electron chi connectivity index (χ4n) is 2.50. The molecule has 1 unspecified atom stereocenters. The molecule has 1 aromatic rings. The van der Waals surface area contributed by atoms with Crippen molar-refractivity contribution in [2.24, 2.45) is 0 Å². The molecule has 21 heavy (non-hydrogen) atoms. The first-order chi connectivity index (χ1) is 9.84. The second-order valence-electron chi connectivity index (χ2n) is 5.02. The van der Waals surface area contributed by atoms with E-state index < -0.39 is 29.5 Å². The van der Waals surface area contributed by atoms with Crippen molar-refractivity contribution < 1.29 is 27.5 Å². The van der Waals surface area contributed by atoms with Crippen molar-refractivity contribution in [3.63, 3.8) is 0 Å². The largest absolute Gasteiger partial charge is 0.419 e. The van der Waals surface area contributed by atoms with Gasteiger partial charge in [0, 0.05) is 12.1 Å². The van der Waals surface area contributed by atoms with Crippen LogP contribution < -0.4 is 0 Å². The van der Waals surface area contributed by atoms with E-state index in [2.05, 4.69) is 0 Å². The molecule has 1 atom stereocenters. The smallest absolute Gasteiger partial charge is 0.394 e. The number of carbonyl (C=O) groups excluding carboxylic acids is 1. The number of piperidine rings is 1. The topological polar surface area (TPSA) is 40.5 Å².